The Balaban J connectivity index is 2.56. The van der Waals surface area contributed by atoms with Crippen LogP contribution in [0.15, 0.2) is 24.3 Å². The van der Waals surface area contributed by atoms with Crippen LogP contribution in [0.4, 0.5) is 0 Å². The molecule has 0 spiro atoms. The van der Waals surface area contributed by atoms with E-state index >= 15 is 0 Å². The molecule has 0 saturated carbocycles. The van der Waals surface area contributed by atoms with Gasteiger partial charge in [-0.2, -0.15) is 0 Å². The predicted octanol–water partition coefficient (Wildman–Crippen LogP) is 4.55. The van der Waals surface area contributed by atoms with Crippen molar-refractivity contribution in [1.29, 1.82) is 0 Å². The van der Waals surface area contributed by atoms with Gasteiger partial charge in [-0.05, 0) is 37.0 Å². The minimum atomic E-state index is -0.214. The third-order valence-corrected chi connectivity index (χ3v) is 3.09. The lowest BCUT2D eigenvalue weighted by Gasteiger charge is -2.13. The maximum absolute atomic E-state index is 11.9. The molecule has 18 heavy (non-hydrogen) atoms. The predicted molar refractivity (Wildman–Crippen MR) is 74.9 cm³/mol. The maximum Gasteiger partial charge on any atom is 0.338 e. The molecule has 0 radical (unpaired) electrons. The second-order valence-corrected chi connectivity index (χ2v) is 5.13. The van der Waals surface area contributed by atoms with Gasteiger partial charge in [-0.3, -0.25) is 0 Å². The summed E-state index contributed by atoms with van der Waals surface area (Å²) in [4.78, 5) is 11.9. The fraction of sp³-hybridized carbons (Fsp3) is 0.562. The van der Waals surface area contributed by atoms with E-state index in [9.17, 15) is 4.79 Å². The van der Waals surface area contributed by atoms with Crippen LogP contribution >= 0.6 is 0 Å². The number of hydrogen-bond acceptors (Lipinski definition) is 2. The quantitative estimate of drug-likeness (QED) is 0.690. The Hall–Kier alpha value is -1.31. The first-order chi connectivity index (χ1) is 8.54. The third-order valence-electron chi connectivity index (χ3n) is 3.09. The van der Waals surface area contributed by atoms with E-state index in [4.69, 9.17) is 4.74 Å². The van der Waals surface area contributed by atoms with Gasteiger partial charge in [0.1, 0.15) is 0 Å². The summed E-state index contributed by atoms with van der Waals surface area (Å²) in [6.45, 7) is 8.37. The highest BCUT2D eigenvalue weighted by molar-refractivity contribution is 5.89. The minimum Gasteiger partial charge on any atom is -0.459 e. The molecule has 0 aliphatic heterocycles. The fourth-order valence-corrected chi connectivity index (χ4v) is 1.81. The summed E-state index contributed by atoms with van der Waals surface area (Å²) in [7, 11) is 0. The molecule has 1 aromatic carbocycles. The Kier molecular flexibility index (Phi) is 5.90. The summed E-state index contributed by atoms with van der Waals surface area (Å²) >= 11 is 0. The van der Waals surface area contributed by atoms with Crippen LogP contribution in [0.3, 0.4) is 0 Å². The van der Waals surface area contributed by atoms with Gasteiger partial charge in [-0.1, -0.05) is 45.7 Å². The summed E-state index contributed by atoms with van der Waals surface area (Å²) in [6, 6.07) is 7.70. The van der Waals surface area contributed by atoms with E-state index in [1.165, 1.54) is 5.56 Å². The number of benzene rings is 1. The lowest BCUT2D eigenvalue weighted by molar-refractivity contribution is 0.0320. The maximum atomic E-state index is 11.9. The van der Waals surface area contributed by atoms with E-state index in [2.05, 4.69) is 20.8 Å². The second-order valence-electron chi connectivity index (χ2n) is 5.13. The van der Waals surface area contributed by atoms with Crippen LogP contribution in [-0.4, -0.2) is 12.1 Å². The van der Waals surface area contributed by atoms with Crippen LogP contribution in [-0.2, 0) is 4.74 Å². The van der Waals surface area contributed by atoms with E-state index in [0.29, 0.717) is 11.5 Å². The van der Waals surface area contributed by atoms with Crippen molar-refractivity contribution in [2.24, 2.45) is 0 Å². The summed E-state index contributed by atoms with van der Waals surface area (Å²) in [6.07, 6.45) is 3.17. The van der Waals surface area contributed by atoms with Crippen molar-refractivity contribution in [1.82, 2.24) is 0 Å². The smallest absolute Gasteiger partial charge is 0.338 e. The first-order valence-electron chi connectivity index (χ1n) is 6.85. The Labute approximate surface area is 110 Å². The summed E-state index contributed by atoms with van der Waals surface area (Å²) in [5.41, 5.74) is 1.88. The molecule has 1 rings (SSSR count). The topological polar surface area (TPSA) is 26.3 Å². The van der Waals surface area contributed by atoms with Crippen molar-refractivity contribution < 1.29 is 9.53 Å². The van der Waals surface area contributed by atoms with Crippen molar-refractivity contribution >= 4 is 5.97 Å². The summed E-state index contributed by atoms with van der Waals surface area (Å²) < 4.78 is 5.40. The highest BCUT2D eigenvalue weighted by Gasteiger charge is 2.11. The molecule has 0 aromatic heterocycles. The molecule has 0 bridgehead atoms. The zero-order valence-corrected chi connectivity index (χ0v) is 11.9. The van der Waals surface area contributed by atoms with Gasteiger partial charge in [0, 0.05) is 0 Å². The third kappa shape index (κ3) is 4.52. The summed E-state index contributed by atoms with van der Waals surface area (Å²) in [5.74, 6) is 0.271. The van der Waals surface area contributed by atoms with Gasteiger partial charge < -0.3 is 4.74 Å². The molecule has 2 nitrogen and oxygen atoms in total. The van der Waals surface area contributed by atoms with Crippen LogP contribution in [0.5, 0.6) is 0 Å². The normalized spacial score (nSPS) is 12.5. The Morgan fingerprint density at radius 3 is 2.28 bits per heavy atom. The number of rotatable bonds is 6. The molecule has 0 aliphatic carbocycles. The average Bonchev–Trinajstić information content (AvgIpc) is 2.36. The highest BCUT2D eigenvalue weighted by Crippen LogP contribution is 2.16. The van der Waals surface area contributed by atoms with Crippen LogP contribution in [0.2, 0.25) is 0 Å². The highest BCUT2D eigenvalue weighted by atomic mass is 16.5. The molecule has 0 amide bonds. The number of carbonyl (C=O) groups is 1. The van der Waals surface area contributed by atoms with E-state index in [-0.39, 0.29) is 12.1 Å². The van der Waals surface area contributed by atoms with Crippen LogP contribution < -0.4 is 0 Å². The van der Waals surface area contributed by atoms with Crippen molar-refractivity contribution in [3.8, 4) is 0 Å². The minimum absolute atomic E-state index is 0.00206. The molecule has 1 atom stereocenters. The molecule has 2 heteroatoms. The molecule has 1 aromatic rings. The average molecular weight is 248 g/mol. The molecule has 0 unspecified atom stereocenters. The van der Waals surface area contributed by atoms with Crippen LogP contribution in [0.1, 0.15) is 68.8 Å². The Morgan fingerprint density at radius 2 is 1.78 bits per heavy atom. The zero-order valence-electron chi connectivity index (χ0n) is 11.9. The molecular weight excluding hydrogens is 224 g/mol. The van der Waals surface area contributed by atoms with Gasteiger partial charge in [-0.15, -0.1) is 0 Å². The largest absolute Gasteiger partial charge is 0.459 e. The summed E-state index contributed by atoms with van der Waals surface area (Å²) in [5, 5.41) is 0. The van der Waals surface area contributed by atoms with Gasteiger partial charge >= 0.3 is 5.97 Å². The fourth-order valence-electron chi connectivity index (χ4n) is 1.81. The zero-order chi connectivity index (χ0) is 13.5. The Bertz CT molecular complexity index is 365. The standard InChI is InChI=1S/C16H24O2/c1-5-6-7-13(4)18-16(17)15-10-8-14(9-11-15)12(2)3/h8-13H,5-7H2,1-4H3/t13-/m1/s1. The van der Waals surface area contributed by atoms with Crippen molar-refractivity contribution in [2.75, 3.05) is 0 Å². The molecular formula is C16H24O2. The second kappa shape index (κ2) is 7.20. The SMILES string of the molecule is CCCC[C@@H](C)OC(=O)c1ccc(C(C)C)cc1. The monoisotopic (exact) mass is 248 g/mol. The van der Waals surface area contributed by atoms with E-state index in [0.717, 1.165) is 19.3 Å². The van der Waals surface area contributed by atoms with Gasteiger partial charge in [-0.25, -0.2) is 4.79 Å². The number of ether oxygens (including phenoxy) is 1. The Morgan fingerprint density at radius 1 is 1.17 bits per heavy atom. The van der Waals surface area contributed by atoms with Crippen LogP contribution in [0, 0.1) is 0 Å². The van der Waals surface area contributed by atoms with Gasteiger partial charge in [0.25, 0.3) is 0 Å². The van der Waals surface area contributed by atoms with Gasteiger partial charge in [0.2, 0.25) is 0 Å². The first kappa shape index (κ1) is 14.7. The van der Waals surface area contributed by atoms with Gasteiger partial charge in [0.15, 0.2) is 0 Å². The molecule has 0 aliphatic rings. The lowest BCUT2D eigenvalue weighted by atomic mass is 10.0. The number of carbonyl (C=O) groups excluding carboxylic acids is 1. The van der Waals surface area contributed by atoms with E-state index in [1.54, 1.807) is 0 Å². The van der Waals surface area contributed by atoms with Crippen molar-refractivity contribution in [2.45, 2.75) is 59.0 Å². The number of unbranched alkanes of at least 4 members (excludes halogenated alkanes) is 1. The van der Waals surface area contributed by atoms with Crippen LogP contribution in [0.25, 0.3) is 0 Å². The molecule has 0 fully saturated rings. The van der Waals surface area contributed by atoms with E-state index < -0.39 is 0 Å². The molecule has 0 N–H and O–H groups in total. The van der Waals surface area contributed by atoms with Gasteiger partial charge in [0.05, 0.1) is 11.7 Å². The number of esters is 1. The first-order valence-corrected chi connectivity index (χ1v) is 6.85. The molecule has 0 saturated heterocycles. The number of hydrogen-bond donors (Lipinski definition) is 0. The molecule has 100 valence electrons. The van der Waals surface area contributed by atoms with E-state index in [1.807, 2.05) is 31.2 Å². The van der Waals surface area contributed by atoms with Crippen molar-refractivity contribution in [3.63, 3.8) is 0 Å². The lowest BCUT2D eigenvalue weighted by Crippen LogP contribution is -2.15. The van der Waals surface area contributed by atoms with Crippen molar-refractivity contribution in [3.05, 3.63) is 35.4 Å². The molecule has 0 heterocycles.